The van der Waals surface area contributed by atoms with E-state index in [1.807, 2.05) is 18.4 Å². The molecule has 2 nitrogen and oxygen atoms in total. The summed E-state index contributed by atoms with van der Waals surface area (Å²) >= 11 is 4.73. The number of nitrogens with one attached hydrogen (secondary N) is 1. The van der Waals surface area contributed by atoms with Crippen molar-refractivity contribution in [3.05, 3.63) is 44.6 Å². The Morgan fingerprint density at radius 1 is 1.50 bits per heavy atom. The van der Waals surface area contributed by atoms with Crippen molar-refractivity contribution in [1.82, 2.24) is 4.98 Å². The number of thiazole rings is 1. The second-order valence-electron chi connectivity index (χ2n) is 3.34. The standard InChI is InChI=1S/C11H10BrFN2S/c1-7-15-9(6-16-7)5-14-8-2-3-10(12)11(13)4-8/h2-4,6,14H,5H2,1H3. The van der Waals surface area contributed by atoms with Crippen molar-refractivity contribution in [3.63, 3.8) is 0 Å². The molecule has 0 radical (unpaired) electrons. The topological polar surface area (TPSA) is 24.9 Å². The van der Waals surface area contributed by atoms with Crippen LogP contribution in [-0.4, -0.2) is 4.98 Å². The number of hydrogen-bond acceptors (Lipinski definition) is 3. The van der Waals surface area contributed by atoms with Crippen molar-refractivity contribution in [1.29, 1.82) is 0 Å². The normalized spacial score (nSPS) is 10.4. The Balaban J connectivity index is 2.02. The van der Waals surface area contributed by atoms with Gasteiger partial charge in [0.2, 0.25) is 0 Å². The zero-order chi connectivity index (χ0) is 11.5. The first-order valence-electron chi connectivity index (χ1n) is 4.75. The molecule has 1 aromatic heterocycles. The largest absolute Gasteiger partial charge is 0.379 e. The lowest BCUT2D eigenvalue weighted by atomic mass is 10.3. The van der Waals surface area contributed by atoms with E-state index in [9.17, 15) is 4.39 Å². The quantitative estimate of drug-likeness (QED) is 0.928. The summed E-state index contributed by atoms with van der Waals surface area (Å²) in [6, 6.07) is 4.97. The average Bonchev–Trinajstić information content (AvgIpc) is 2.66. The van der Waals surface area contributed by atoms with Crippen LogP contribution in [0.5, 0.6) is 0 Å². The Kier molecular flexibility index (Phi) is 3.56. The molecule has 5 heteroatoms. The summed E-state index contributed by atoms with van der Waals surface area (Å²) in [4.78, 5) is 4.32. The van der Waals surface area contributed by atoms with Gasteiger partial charge < -0.3 is 5.32 Å². The molecule has 1 N–H and O–H groups in total. The maximum atomic E-state index is 13.2. The molecule has 0 fully saturated rings. The van der Waals surface area contributed by atoms with Crippen molar-refractivity contribution in [2.75, 3.05) is 5.32 Å². The summed E-state index contributed by atoms with van der Waals surface area (Å²) in [5, 5.41) is 6.16. The van der Waals surface area contributed by atoms with Gasteiger partial charge in [0.1, 0.15) is 5.82 Å². The predicted molar refractivity (Wildman–Crippen MR) is 68.3 cm³/mol. The molecular weight excluding hydrogens is 291 g/mol. The Labute approximate surface area is 106 Å². The monoisotopic (exact) mass is 300 g/mol. The summed E-state index contributed by atoms with van der Waals surface area (Å²) < 4.78 is 13.7. The first kappa shape index (κ1) is 11.5. The van der Waals surface area contributed by atoms with E-state index in [0.29, 0.717) is 11.0 Å². The highest BCUT2D eigenvalue weighted by Crippen LogP contribution is 2.20. The third-order valence-corrected chi connectivity index (χ3v) is 3.53. The summed E-state index contributed by atoms with van der Waals surface area (Å²) in [5.41, 5.74) is 1.73. The van der Waals surface area contributed by atoms with Gasteiger partial charge in [0.05, 0.1) is 21.7 Å². The number of nitrogens with zero attached hydrogens (tertiary/aromatic N) is 1. The van der Waals surface area contributed by atoms with Crippen LogP contribution in [0.15, 0.2) is 28.1 Å². The maximum absolute atomic E-state index is 13.2. The summed E-state index contributed by atoms with van der Waals surface area (Å²) in [5.74, 6) is -0.264. The lowest BCUT2D eigenvalue weighted by Gasteiger charge is -2.04. The molecule has 0 aliphatic rings. The molecule has 1 aromatic carbocycles. The first-order chi connectivity index (χ1) is 7.65. The average molecular weight is 301 g/mol. The minimum absolute atomic E-state index is 0.264. The van der Waals surface area contributed by atoms with Crippen LogP contribution < -0.4 is 5.32 Å². The Morgan fingerprint density at radius 3 is 2.94 bits per heavy atom. The number of halogens is 2. The predicted octanol–water partition coefficient (Wildman–Crippen LogP) is 3.97. The molecule has 0 bridgehead atoms. The van der Waals surface area contributed by atoms with E-state index < -0.39 is 0 Å². The van der Waals surface area contributed by atoms with Gasteiger partial charge in [-0.3, -0.25) is 0 Å². The van der Waals surface area contributed by atoms with Crippen LogP contribution in [-0.2, 0) is 6.54 Å². The molecule has 0 spiro atoms. The molecule has 0 amide bonds. The van der Waals surface area contributed by atoms with Crippen molar-refractivity contribution < 1.29 is 4.39 Å². The molecule has 0 atom stereocenters. The Hall–Kier alpha value is -0.940. The van der Waals surface area contributed by atoms with Gasteiger partial charge in [0.15, 0.2) is 0 Å². The van der Waals surface area contributed by atoms with E-state index >= 15 is 0 Å². The zero-order valence-electron chi connectivity index (χ0n) is 8.63. The highest BCUT2D eigenvalue weighted by molar-refractivity contribution is 9.10. The third-order valence-electron chi connectivity index (χ3n) is 2.06. The van der Waals surface area contributed by atoms with Crippen LogP contribution in [0.3, 0.4) is 0 Å². The number of aryl methyl sites for hydroxylation is 1. The number of rotatable bonds is 3. The fourth-order valence-corrected chi connectivity index (χ4v) is 2.15. The molecule has 0 saturated carbocycles. The highest BCUT2D eigenvalue weighted by atomic mass is 79.9. The van der Waals surface area contributed by atoms with Gasteiger partial charge in [-0.15, -0.1) is 11.3 Å². The van der Waals surface area contributed by atoms with Gasteiger partial charge in [0.25, 0.3) is 0 Å². The van der Waals surface area contributed by atoms with Gasteiger partial charge in [0, 0.05) is 11.1 Å². The van der Waals surface area contributed by atoms with E-state index in [1.54, 1.807) is 17.4 Å². The lowest BCUT2D eigenvalue weighted by Crippen LogP contribution is -2.00. The number of benzene rings is 1. The van der Waals surface area contributed by atoms with Crippen molar-refractivity contribution in [2.45, 2.75) is 13.5 Å². The van der Waals surface area contributed by atoms with E-state index in [-0.39, 0.29) is 5.82 Å². The highest BCUT2D eigenvalue weighted by Gasteiger charge is 2.01. The summed E-state index contributed by atoms with van der Waals surface area (Å²) in [6.45, 7) is 2.58. The molecule has 16 heavy (non-hydrogen) atoms. The van der Waals surface area contributed by atoms with E-state index in [0.717, 1.165) is 16.4 Å². The fourth-order valence-electron chi connectivity index (χ4n) is 1.29. The van der Waals surface area contributed by atoms with Gasteiger partial charge in [-0.1, -0.05) is 0 Å². The van der Waals surface area contributed by atoms with Crippen molar-refractivity contribution in [3.8, 4) is 0 Å². The zero-order valence-corrected chi connectivity index (χ0v) is 11.0. The van der Waals surface area contributed by atoms with Gasteiger partial charge in [-0.2, -0.15) is 0 Å². The fraction of sp³-hybridized carbons (Fsp3) is 0.182. The van der Waals surface area contributed by atoms with Crippen LogP contribution in [0.4, 0.5) is 10.1 Å². The van der Waals surface area contributed by atoms with Crippen LogP contribution in [0.25, 0.3) is 0 Å². The minimum Gasteiger partial charge on any atom is -0.379 e. The van der Waals surface area contributed by atoms with Crippen LogP contribution in [0.1, 0.15) is 10.7 Å². The Morgan fingerprint density at radius 2 is 2.31 bits per heavy atom. The third kappa shape index (κ3) is 2.80. The second kappa shape index (κ2) is 4.93. The van der Waals surface area contributed by atoms with Gasteiger partial charge >= 0.3 is 0 Å². The van der Waals surface area contributed by atoms with E-state index in [1.165, 1.54) is 6.07 Å². The minimum atomic E-state index is -0.264. The van der Waals surface area contributed by atoms with Gasteiger partial charge in [-0.25, -0.2) is 9.37 Å². The van der Waals surface area contributed by atoms with Crippen molar-refractivity contribution in [2.24, 2.45) is 0 Å². The maximum Gasteiger partial charge on any atom is 0.139 e. The molecule has 0 unspecified atom stereocenters. The van der Waals surface area contributed by atoms with Gasteiger partial charge in [-0.05, 0) is 41.1 Å². The summed E-state index contributed by atoms with van der Waals surface area (Å²) in [6.07, 6.45) is 0. The summed E-state index contributed by atoms with van der Waals surface area (Å²) in [7, 11) is 0. The molecule has 2 aromatic rings. The number of hydrogen-bond donors (Lipinski definition) is 1. The van der Waals surface area contributed by atoms with E-state index in [2.05, 4.69) is 26.2 Å². The van der Waals surface area contributed by atoms with Crippen LogP contribution in [0.2, 0.25) is 0 Å². The van der Waals surface area contributed by atoms with E-state index in [4.69, 9.17) is 0 Å². The Bertz CT molecular complexity index is 498. The van der Waals surface area contributed by atoms with Crippen LogP contribution in [0, 0.1) is 12.7 Å². The first-order valence-corrected chi connectivity index (χ1v) is 6.42. The second-order valence-corrected chi connectivity index (χ2v) is 5.26. The van der Waals surface area contributed by atoms with Crippen molar-refractivity contribution >= 4 is 33.0 Å². The number of anilines is 1. The molecule has 0 aliphatic carbocycles. The number of aromatic nitrogens is 1. The SMILES string of the molecule is Cc1nc(CNc2ccc(Br)c(F)c2)cs1. The molecule has 84 valence electrons. The molecule has 1 heterocycles. The van der Waals surface area contributed by atoms with Crippen LogP contribution >= 0.6 is 27.3 Å². The smallest absolute Gasteiger partial charge is 0.139 e. The lowest BCUT2D eigenvalue weighted by molar-refractivity contribution is 0.621. The molecule has 0 aliphatic heterocycles. The molecular formula is C11H10BrFN2S. The molecule has 2 rings (SSSR count). The molecule has 0 saturated heterocycles.